The third-order valence-electron chi connectivity index (χ3n) is 2.24. The van der Waals surface area contributed by atoms with Gasteiger partial charge in [-0.05, 0) is 19.9 Å². The summed E-state index contributed by atoms with van der Waals surface area (Å²) in [6, 6.07) is 1.83. The Bertz CT molecular complexity index is 520. The van der Waals surface area contributed by atoms with E-state index in [1.54, 1.807) is 10.9 Å². The van der Waals surface area contributed by atoms with Gasteiger partial charge in [-0.3, -0.25) is 0 Å². The Labute approximate surface area is 98.3 Å². The van der Waals surface area contributed by atoms with Crippen LogP contribution in [0.25, 0.3) is 0 Å². The number of rotatable bonds is 2. The first-order valence-electron chi connectivity index (χ1n) is 4.85. The molecule has 0 amide bonds. The van der Waals surface area contributed by atoms with E-state index in [2.05, 4.69) is 15.1 Å². The maximum absolute atomic E-state index is 5.95. The van der Waals surface area contributed by atoms with Crippen LogP contribution in [-0.2, 0) is 6.54 Å². The summed E-state index contributed by atoms with van der Waals surface area (Å²) in [5.41, 5.74) is 7.40. The first-order chi connectivity index (χ1) is 7.58. The molecule has 2 aromatic heterocycles. The van der Waals surface area contributed by atoms with Crippen molar-refractivity contribution in [3.05, 3.63) is 34.5 Å². The number of nitrogens with two attached hydrogens (primary N) is 1. The van der Waals surface area contributed by atoms with E-state index in [-0.39, 0.29) is 0 Å². The van der Waals surface area contributed by atoms with Gasteiger partial charge in [-0.15, -0.1) is 0 Å². The van der Waals surface area contributed by atoms with Crippen LogP contribution in [0.2, 0.25) is 5.02 Å². The van der Waals surface area contributed by atoms with Gasteiger partial charge in [0, 0.05) is 6.20 Å². The van der Waals surface area contributed by atoms with E-state index in [1.807, 2.05) is 19.9 Å². The van der Waals surface area contributed by atoms with Gasteiger partial charge in [-0.25, -0.2) is 14.6 Å². The summed E-state index contributed by atoms with van der Waals surface area (Å²) >= 11 is 5.95. The molecule has 2 N–H and O–H groups in total. The lowest BCUT2D eigenvalue weighted by Crippen LogP contribution is -2.08. The van der Waals surface area contributed by atoms with Crippen LogP contribution in [0.3, 0.4) is 0 Å². The van der Waals surface area contributed by atoms with Gasteiger partial charge in [0.1, 0.15) is 16.7 Å². The van der Waals surface area contributed by atoms with Gasteiger partial charge >= 0.3 is 0 Å². The average molecular weight is 238 g/mol. The Balaban J connectivity index is 2.30. The highest BCUT2D eigenvalue weighted by Gasteiger charge is 2.10. The third-order valence-corrected chi connectivity index (χ3v) is 2.70. The van der Waals surface area contributed by atoms with Gasteiger partial charge in [-0.2, -0.15) is 5.10 Å². The van der Waals surface area contributed by atoms with E-state index in [9.17, 15) is 0 Å². The van der Waals surface area contributed by atoms with E-state index < -0.39 is 0 Å². The van der Waals surface area contributed by atoms with E-state index >= 15 is 0 Å². The smallest absolute Gasteiger partial charge is 0.141 e. The standard InChI is InChI=1S/C10H12ClN5/c1-6-9(11)10(12)16(15-6)5-8-3-4-13-7(2)14-8/h3-4H,5,12H2,1-2H3. The summed E-state index contributed by atoms with van der Waals surface area (Å²) in [6.07, 6.45) is 1.71. The molecule has 0 aromatic carbocycles. The van der Waals surface area contributed by atoms with Gasteiger partial charge < -0.3 is 5.73 Å². The zero-order chi connectivity index (χ0) is 11.7. The van der Waals surface area contributed by atoms with Crippen LogP contribution in [0.1, 0.15) is 17.2 Å². The third kappa shape index (κ3) is 1.99. The lowest BCUT2D eigenvalue weighted by Gasteiger charge is -2.03. The van der Waals surface area contributed by atoms with Crippen LogP contribution >= 0.6 is 11.6 Å². The number of aryl methyl sites for hydroxylation is 2. The molecule has 0 saturated carbocycles. The van der Waals surface area contributed by atoms with Crippen LogP contribution in [0, 0.1) is 13.8 Å². The predicted molar refractivity (Wildman–Crippen MR) is 62.3 cm³/mol. The quantitative estimate of drug-likeness (QED) is 0.861. The molecule has 0 spiro atoms. The molecule has 0 aliphatic carbocycles. The number of nitrogens with zero attached hydrogens (tertiary/aromatic N) is 4. The molecule has 0 aliphatic heterocycles. The Morgan fingerprint density at radius 3 is 2.75 bits per heavy atom. The van der Waals surface area contributed by atoms with E-state index in [0.717, 1.165) is 17.2 Å². The molecule has 0 saturated heterocycles. The highest BCUT2D eigenvalue weighted by atomic mass is 35.5. The number of hydrogen-bond donors (Lipinski definition) is 1. The Morgan fingerprint density at radius 1 is 1.44 bits per heavy atom. The normalized spacial score (nSPS) is 10.7. The molecule has 0 unspecified atom stereocenters. The van der Waals surface area contributed by atoms with Crippen LogP contribution < -0.4 is 5.73 Å². The van der Waals surface area contributed by atoms with Crippen molar-refractivity contribution in [2.24, 2.45) is 0 Å². The minimum Gasteiger partial charge on any atom is -0.383 e. The first kappa shape index (κ1) is 10.9. The summed E-state index contributed by atoms with van der Waals surface area (Å²) in [5, 5.41) is 4.74. The maximum atomic E-state index is 5.95. The Hall–Kier alpha value is -1.62. The van der Waals surface area contributed by atoms with Gasteiger partial charge in [-0.1, -0.05) is 11.6 Å². The molecule has 6 heteroatoms. The molecule has 0 aliphatic rings. The summed E-state index contributed by atoms with van der Waals surface area (Å²) in [4.78, 5) is 8.31. The average Bonchev–Trinajstić information content (AvgIpc) is 2.47. The van der Waals surface area contributed by atoms with Crippen LogP contribution in [0.15, 0.2) is 12.3 Å². The molecule has 2 rings (SSSR count). The fourth-order valence-corrected chi connectivity index (χ4v) is 1.58. The van der Waals surface area contributed by atoms with Gasteiger partial charge in [0.25, 0.3) is 0 Å². The van der Waals surface area contributed by atoms with Crippen molar-refractivity contribution in [2.45, 2.75) is 20.4 Å². The first-order valence-corrected chi connectivity index (χ1v) is 5.22. The van der Waals surface area contributed by atoms with Crippen molar-refractivity contribution in [1.82, 2.24) is 19.7 Å². The zero-order valence-corrected chi connectivity index (χ0v) is 9.86. The number of nitrogen functional groups attached to an aromatic ring is 1. The molecule has 0 radical (unpaired) electrons. The van der Waals surface area contributed by atoms with E-state index in [0.29, 0.717) is 17.4 Å². The zero-order valence-electron chi connectivity index (χ0n) is 9.11. The molecule has 0 fully saturated rings. The highest BCUT2D eigenvalue weighted by molar-refractivity contribution is 6.33. The summed E-state index contributed by atoms with van der Waals surface area (Å²) < 4.78 is 1.64. The summed E-state index contributed by atoms with van der Waals surface area (Å²) in [7, 11) is 0. The van der Waals surface area contributed by atoms with Crippen molar-refractivity contribution in [3.8, 4) is 0 Å². The number of halogens is 1. The predicted octanol–water partition coefficient (Wildman–Crippen LogP) is 1.57. The van der Waals surface area contributed by atoms with E-state index in [4.69, 9.17) is 17.3 Å². The molecule has 16 heavy (non-hydrogen) atoms. The second-order valence-corrected chi connectivity index (χ2v) is 3.92. The van der Waals surface area contributed by atoms with Crippen molar-refractivity contribution in [2.75, 3.05) is 5.73 Å². The molecule has 0 atom stereocenters. The second-order valence-electron chi connectivity index (χ2n) is 3.54. The lowest BCUT2D eigenvalue weighted by atomic mass is 10.4. The van der Waals surface area contributed by atoms with Crippen molar-refractivity contribution in [3.63, 3.8) is 0 Å². The van der Waals surface area contributed by atoms with Crippen molar-refractivity contribution < 1.29 is 0 Å². The molecule has 2 heterocycles. The van der Waals surface area contributed by atoms with Crippen molar-refractivity contribution in [1.29, 1.82) is 0 Å². The van der Waals surface area contributed by atoms with Crippen LogP contribution in [0.4, 0.5) is 5.82 Å². The topological polar surface area (TPSA) is 69.6 Å². The van der Waals surface area contributed by atoms with Gasteiger partial charge in [0.15, 0.2) is 0 Å². The summed E-state index contributed by atoms with van der Waals surface area (Å²) in [5.74, 6) is 1.20. The fourth-order valence-electron chi connectivity index (χ4n) is 1.44. The van der Waals surface area contributed by atoms with Crippen LogP contribution in [-0.4, -0.2) is 19.7 Å². The Kier molecular flexibility index (Phi) is 2.78. The van der Waals surface area contributed by atoms with Crippen molar-refractivity contribution >= 4 is 17.4 Å². The Morgan fingerprint density at radius 2 is 2.19 bits per heavy atom. The molecule has 84 valence electrons. The molecule has 5 nitrogen and oxygen atoms in total. The number of hydrogen-bond acceptors (Lipinski definition) is 4. The van der Waals surface area contributed by atoms with Crippen LogP contribution in [0.5, 0.6) is 0 Å². The minimum atomic E-state index is 0.468. The van der Waals surface area contributed by atoms with E-state index in [1.165, 1.54) is 0 Å². The van der Waals surface area contributed by atoms with Gasteiger partial charge in [0.2, 0.25) is 0 Å². The minimum absolute atomic E-state index is 0.468. The SMILES string of the molecule is Cc1nccc(Cn2nc(C)c(Cl)c2N)n1. The molecular weight excluding hydrogens is 226 g/mol. The lowest BCUT2D eigenvalue weighted by molar-refractivity contribution is 0.671. The second kappa shape index (κ2) is 4.09. The largest absolute Gasteiger partial charge is 0.383 e. The molecule has 0 bridgehead atoms. The number of aromatic nitrogens is 4. The molecular formula is C10H12ClN5. The summed E-state index contributed by atoms with van der Waals surface area (Å²) in [6.45, 7) is 4.16. The monoisotopic (exact) mass is 237 g/mol. The number of anilines is 1. The maximum Gasteiger partial charge on any atom is 0.141 e. The highest BCUT2D eigenvalue weighted by Crippen LogP contribution is 2.22. The molecule has 2 aromatic rings. The van der Waals surface area contributed by atoms with Gasteiger partial charge in [0.05, 0.1) is 17.9 Å². The fraction of sp³-hybridized carbons (Fsp3) is 0.300.